The predicted molar refractivity (Wildman–Crippen MR) is 75.6 cm³/mol. The number of nitrogen functional groups attached to an aromatic ring is 1. The number of carbonyl (C=O) groups is 1. The van der Waals surface area contributed by atoms with Gasteiger partial charge in [0, 0.05) is 17.8 Å². The molecule has 0 aliphatic carbocycles. The van der Waals surface area contributed by atoms with Crippen LogP contribution in [0.5, 0.6) is 0 Å². The normalized spacial score (nSPS) is 10.8. The zero-order valence-corrected chi connectivity index (χ0v) is 11.6. The first-order valence-corrected chi connectivity index (χ1v) is 6.82. The minimum Gasteiger partial charge on any atom is -0.455 e. The SMILES string of the molecule is Cc1ncc(N)cc1C(=O)OCc1cn2ccsc2n1. The fraction of sp³-hybridized carbons (Fsp3) is 0.154. The first kappa shape index (κ1) is 12.6. The summed E-state index contributed by atoms with van der Waals surface area (Å²) >= 11 is 1.53. The highest BCUT2D eigenvalue weighted by molar-refractivity contribution is 7.15. The van der Waals surface area contributed by atoms with Crippen molar-refractivity contribution < 1.29 is 9.53 Å². The quantitative estimate of drug-likeness (QED) is 0.746. The molecular weight excluding hydrogens is 276 g/mol. The summed E-state index contributed by atoms with van der Waals surface area (Å²) in [5.41, 5.74) is 7.74. The zero-order chi connectivity index (χ0) is 14.1. The van der Waals surface area contributed by atoms with Crippen LogP contribution in [0.3, 0.4) is 0 Å². The van der Waals surface area contributed by atoms with E-state index < -0.39 is 5.97 Å². The third kappa shape index (κ3) is 2.35. The van der Waals surface area contributed by atoms with Crippen molar-refractivity contribution in [3.63, 3.8) is 0 Å². The lowest BCUT2D eigenvalue weighted by molar-refractivity contribution is 0.0467. The molecule has 102 valence electrons. The highest BCUT2D eigenvalue weighted by Gasteiger charge is 2.13. The average Bonchev–Trinajstić information content (AvgIpc) is 2.99. The number of pyridine rings is 1. The van der Waals surface area contributed by atoms with E-state index in [9.17, 15) is 4.79 Å². The van der Waals surface area contributed by atoms with Crippen LogP contribution in [-0.4, -0.2) is 20.3 Å². The van der Waals surface area contributed by atoms with Crippen LogP contribution in [0.15, 0.2) is 30.0 Å². The fourth-order valence-corrected chi connectivity index (χ4v) is 2.54. The summed E-state index contributed by atoms with van der Waals surface area (Å²) in [7, 11) is 0. The average molecular weight is 288 g/mol. The topological polar surface area (TPSA) is 82.5 Å². The molecule has 6 nitrogen and oxygen atoms in total. The maximum absolute atomic E-state index is 12.0. The van der Waals surface area contributed by atoms with Gasteiger partial charge in [-0.15, -0.1) is 11.3 Å². The molecule has 0 radical (unpaired) electrons. The number of rotatable bonds is 3. The highest BCUT2D eigenvalue weighted by atomic mass is 32.1. The lowest BCUT2D eigenvalue weighted by Gasteiger charge is -2.05. The molecule has 0 amide bonds. The Labute approximate surface area is 118 Å². The lowest BCUT2D eigenvalue weighted by Crippen LogP contribution is -2.09. The largest absolute Gasteiger partial charge is 0.455 e. The van der Waals surface area contributed by atoms with Crippen molar-refractivity contribution >= 4 is 28.0 Å². The van der Waals surface area contributed by atoms with Crippen molar-refractivity contribution in [2.24, 2.45) is 0 Å². The van der Waals surface area contributed by atoms with Crippen LogP contribution in [-0.2, 0) is 11.3 Å². The number of carbonyl (C=O) groups excluding carboxylic acids is 1. The Hall–Kier alpha value is -2.41. The molecule has 0 spiro atoms. The van der Waals surface area contributed by atoms with E-state index in [0.29, 0.717) is 22.6 Å². The fourth-order valence-electron chi connectivity index (χ4n) is 1.82. The van der Waals surface area contributed by atoms with Crippen molar-refractivity contribution in [1.29, 1.82) is 0 Å². The van der Waals surface area contributed by atoms with Gasteiger partial charge in [-0.25, -0.2) is 9.78 Å². The van der Waals surface area contributed by atoms with Crippen molar-refractivity contribution in [3.8, 4) is 0 Å². The molecule has 3 rings (SSSR count). The summed E-state index contributed by atoms with van der Waals surface area (Å²) in [5, 5.41) is 1.94. The summed E-state index contributed by atoms with van der Waals surface area (Å²) in [6.45, 7) is 1.87. The van der Waals surface area contributed by atoms with Gasteiger partial charge in [0.25, 0.3) is 0 Å². The van der Waals surface area contributed by atoms with E-state index in [1.54, 1.807) is 13.0 Å². The smallest absolute Gasteiger partial charge is 0.340 e. The van der Waals surface area contributed by atoms with Gasteiger partial charge in [0.15, 0.2) is 4.96 Å². The Balaban J connectivity index is 1.73. The molecule has 0 fully saturated rings. The van der Waals surface area contributed by atoms with Gasteiger partial charge in [0.1, 0.15) is 6.61 Å². The Kier molecular flexibility index (Phi) is 3.11. The van der Waals surface area contributed by atoms with Gasteiger partial charge in [-0.3, -0.25) is 9.38 Å². The van der Waals surface area contributed by atoms with Gasteiger partial charge >= 0.3 is 5.97 Å². The van der Waals surface area contributed by atoms with E-state index in [1.807, 2.05) is 22.2 Å². The predicted octanol–water partition coefficient (Wildman–Crippen LogP) is 2.04. The first-order valence-electron chi connectivity index (χ1n) is 5.94. The Morgan fingerprint density at radius 3 is 3.20 bits per heavy atom. The molecule has 0 saturated heterocycles. The van der Waals surface area contributed by atoms with Crippen LogP contribution >= 0.6 is 11.3 Å². The first-order chi connectivity index (χ1) is 9.63. The second kappa shape index (κ2) is 4.93. The van der Waals surface area contributed by atoms with Crippen LogP contribution in [0.4, 0.5) is 5.69 Å². The van der Waals surface area contributed by atoms with Gasteiger partial charge < -0.3 is 10.5 Å². The second-order valence-electron chi connectivity index (χ2n) is 4.30. The summed E-state index contributed by atoms with van der Waals surface area (Å²) in [5.74, 6) is -0.446. The van der Waals surface area contributed by atoms with E-state index in [2.05, 4.69) is 9.97 Å². The molecule has 0 aromatic carbocycles. The molecule has 3 heterocycles. The van der Waals surface area contributed by atoms with Crippen molar-refractivity contribution in [2.75, 3.05) is 5.73 Å². The maximum Gasteiger partial charge on any atom is 0.340 e. The Bertz CT molecular complexity index is 749. The number of nitrogens with zero attached hydrogens (tertiary/aromatic N) is 3. The Morgan fingerprint density at radius 1 is 1.55 bits per heavy atom. The third-order valence-electron chi connectivity index (χ3n) is 2.82. The molecule has 0 unspecified atom stereocenters. The summed E-state index contributed by atoms with van der Waals surface area (Å²) in [6.07, 6.45) is 5.25. The third-order valence-corrected chi connectivity index (χ3v) is 3.59. The molecule has 0 aliphatic heterocycles. The van der Waals surface area contributed by atoms with Crippen LogP contribution in [0, 0.1) is 6.92 Å². The number of hydrogen-bond donors (Lipinski definition) is 1. The van der Waals surface area contributed by atoms with Crippen LogP contribution in [0.1, 0.15) is 21.7 Å². The van der Waals surface area contributed by atoms with Gasteiger partial charge in [0.05, 0.1) is 28.8 Å². The number of esters is 1. The van der Waals surface area contributed by atoms with Crippen LogP contribution < -0.4 is 5.73 Å². The van der Waals surface area contributed by atoms with Crippen molar-refractivity contribution in [3.05, 3.63) is 47.0 Å². The second-order valence-corrected chi connectivity index (χ2v) is 5.18. The zero-order valence-electron chi connectivity index (χ0n) is 10.7. The maximum atomic E-state index is 12.0. The number of hydrogen-bond acceptors (Lipinski definition) is 6. The van der Waals surface area contributed by atoms with Crippen molar-refractivity contribution in [2.45, 2.75) is 13.5 Å². The minimum absolute atomic E-state index is 0.126. The molecular formula is C13H12N4O2S. The molecule has 0 aliphatic rings. The van der Waals surface area contributed by atoms with E-state index >= 15 is 0 Å². The number of aryl methyl sites for hydroxylation is 1. The summed E-state index contributed by atoms with van der Waals surface area (Å²) in [6, 6.07) is 1.57. The van der Waals surface area contributed by atoms with Gasteiger partial charge in [-0.05, 0) is 13.0 Å². The highest BCUT2D eigenvalue weighted by Crippen LogP contribution is 2.14. The number of anilines is 1. The molecule has 0 atom stereocenters. The van der Waals surface area contributed by atoms with Crippen molar-refractivity contribution in [1.82, 2.24) is 14.4 Å². The van der Waals surface area contributed by atoms with Gasteiger partial charge in [-0.2, -0.15) is 0 Å². The summed E-state index contributed by atoms with van der Waals surface area (Å²) in [4.78, 5) is 21.2. The monoisotopic (exact) mass is 288 g/mol. The number of aromatic nitrogens is 3. The lowest BCUT2D eigenvalue weighted by atomic mass is 10.2. The molecule has 20 heavy (non-hydrogen) atoms. The number of nitrogens with two attached hydrogens (primary N) is 1. The van der Waals surface area contributed by atoms with Crippen LogP contribution in [0.25, 0.3) is 4.96 Å². The van der Waals surface area contributed by atoms with Crippen LogP contribution in [0.2, 0.25) is 0 Å². The summed E-state index contributed by atoms with van der Waals surface area (Å²) < 4.78 is 7.13. The van der Waals surface area contributed by atoms with E-state index in [1.165, 1.54) is 17.5 Å². The van der Waals surface area contributed by atoms with E-state index in [0.717, 1.165) is 4.96 Å². The number of imidazole rings is 1. The standard InChI is InChI=1S/C13H12N4O2S/c1-8-11(4-9(14)5-15-8)12(18)19-7-10-6-17-2-3-20-13(17)16-10/h2-6H,7,14H2,1H3. The number of ether oxygens (including phenoxy) is 1. The Morgan fingerprint density at radius 2 is 2.40 bits per heavy atom. The number of thiazole rings is 1. The van der Waals surface area contributed by atoms with E-state index in [4.69, 9.17) is 10.5 Å². The molecule has 0 bridgehead atoms. The van der Waals surface area contributed by atoms with E-state index in [-0.39, 0.29) is 6.61 Å². The molecule has 7 heteroatoms. The molecule has 3 aromatic rings. The van der Waals surface area contributed by atoms with Gasteiger partial charge in [-0.1, -0.05) is 0 Å². The molecule has 2 N–H and O–H groups in total. The van der Waals surface area contributed by atoms with Gasteiger partial charge in [0.2, 0.25) is 0 Å². The number of fused-ring (bicyclic) bond motifs is 1. The molecule has 0 saturated carbocycles. The molecule has 3 aromatic heterocycles. The minimum atomic E-state index is -0.446.